The van der Waals surface area contributed by atoms with E-state index in [2.05, 4.69) is 10.2 Å². The van der Waals surface area contributed by atoms with Crippen molar-refractivity contribution in [1.29, 1.82) is 0 Å². The zero-order valence-corrected chi connectivity index (χ0v) is 12.8. The Morgan fingerprint density at radius 3 is 2.60 bits per heavy atom. The van der Waals surface area contributed by atoms with Crippen molar-refractivity contribution in [2.75, 3.05) is 13.3 Å². The van der Waals surface area contributed by atoms with Crippen molar-refractivity contribution in [3.05, 3.63) is 0 Å². The second-order valence-corrected chi connectivity index (χ2v) is 5.74. The highest BCUT2D eigenvalue weighted by Gasteiger charge is 2.31. The Morgan fingerprint density at radius 1 is 1.35 bits per heavy atom. The van der Waals surface area contributed by atoms with Gasteiger partial charge in [-0.1, -0.05) is 0 Å². The zero-order valence-electron chi connectivity index (χ0n) is 12.8. The Kier molecular flexibility index (Phi) is 6.95. The Hall–Kier alpha value is -1.14. The number of carbonyl (C=O) groups excluding carboxylic acids is 2. The second-order valence-electron chi connectivity index (χ2n) is 5.74. The lowest BCUT2D eigenvalue weighted by molar-refractivity contribution is -0.149. The summed E-state index contributed by atoms with van der Waals surface area (Å²) in [6, 6.07) is 0.277. The van der Waals surface area contributed by atoms with Crippen molar-refractivity contribution < 1.29 is 19.1 Å². The van der Waals surface area contributed by atoms with Gasteiger partial charge in [0.05, 0.1) is 6.10 Å². The number of rotatable bonds is 8. The molecule has 0 amide bonds. The lowest BCUT2D eigenvalue weighted by Crippen LogP contribution is -2.45. The van der Waals surface area contributed by atoms with Gasteiger partial charge in [0.25, 0.3) is 6.47 Å². The maximum atomic E-state index is 11.8. The number of carbonyl (C=O) groups is 2. The summed E-state index contributed by atoms with van der Waals surface area (Å²) in [6.45, 7) is 9.28. The van der Waals surface area contributed by atoms with E-state index in [0.29, 0.717) is 6.47 Å². The van der Waals surface area contributed by atoms with Crippen LogP contribution < -0.4 is 5.32 Å². The monoisotopic (exact) mass is 286 g/mol. The molecule has 0 aliphatic carbocycles. The van der Waals surface area contributed by atoms with Crippen LogP contribution in [-0.2, 0) is 19.1 Å². The summed E-state index contributed by atoms with van der Waals surface area (Å²) < 4.78 is 10.0. The van der Waals surface area contributed by atoms with Gasteiger partial charge in [-0.3, -0.25) is 14.5 Å². The van der Waals surface area contributed by atoms with Crippen LogP contribution in [0.1, 0.15) is 40.5 Å². The number of nitrogens with zero attached hydrogens (tertiary/aromatic N) is 1. The van der Waals surface area contributed by atoms with E-state index >= 15 is 0 Å². The largest absolute Gasteiger partial charge is 0.462 e. The summed E-state index contributed by atoms with van der Waals surface area (Å²) in [7, 11) is 0. The summed E-state index contributed by atoms with van der Waals surface area (Å²) in [6.07, 6.45) is 1.62. The summed E-state index contributed by atoms with van der Waals surface area (Å²) in [5.74, 6) is -0.178. The molecule has 0 aromatic carbocycles. The van der Waals surface area contributed by atoms with E-state index in [-0.39, 0.29) is 36.9 Å². The predicted molar refractivity (Wildman–Crippen MR) is 75.0 cm³/mol. The smallest absolute Gasteiger partial charge is 0.323 e. The van der Waals surface area contributed by atoms with Crippen LogP contribution in [-0.4, -0.2) is 54.8 Å². The molecule has 20 heavy (non-hydrogen) atoms. The molecular weight excluding hydrogens is 260 g/mol. The second kappa shape index (κ2) is 8.21. The van der Waals surface area contributed by atoms with Gasteiger partial charge < -0.3 is 14.8 Å². The Labute approximate surface area is 120 Å². The minimum atomic E-state index is -0.219. The maximum Gasteiger partial charge on any atom is 0.323 e. The fourth-order valence-corrected chi connectivity index (χ4v) is 2.29. The Bertz CT molecular complexity index is 320. The molecule has 6 nitrogen and oxygen atoms in total. The molecule has 1 aliphatic heterocycles. The van der Waals surface area contributed by atoms with Crippen molar-refractivity contribution >= 4 is 12.4 Å². The van der Waals surface area contributed by atoms with Crippen LogP contribution in [0, 0.1) is 0 Å². The molecule has 1 heterocycles. The highest BCUT2D eigenvalue weighted by Crippen LogP contribution is 2.16. The van der Waals surface area contributed by atoms with Crippen LogP contribution in [0.5, 0.6) is 0 Å². The van der Waals surface area contributed by atoms with Crippen LogP contribution in [0.15, 0.2) is 0 Å². The van der Waals surface area contributed by atoms with Crippen molar-refractivity contribution in [3.8, 4) is 0 Å². The number of hydrogen-bond donors (Lipinski definition) is 1. The molecule has 1 rings (SSSR count). The molecule has 0 bridgehead atoms. The van der Waals surface area contributed by atoms with Gasteiger partial charge in [0.2, 0.25) is 0 Å². The first kappa shape index (κ1) is 16.9. The lowest BCUT2D eigenvalue weighted by atomic mass is 10.2. The molecule has 6 heteroatoms. The van der Waals surface area contributed by atoms with Crippen molar-refractivity contribution in [2.24, 2.45) is 0 Å². The van der Waals surface area contributed by atoms with Crippen LogP contribution >= 0.6 is 0 Å². The van der Waals surface area contributed by atoms with Crippen molar-refractivity contribution in [2.45, 2.75) is 64.8 Å². The Balaban J connectivity index is 2.42. The van der Waals surface area contributed by atoms with Gasteiger partial charge in [0.15, 0.2) is 0 Å². The molecule has 116 valence electrons. The van der Waals surface area contributed by atoms with Crippen LogP contribution in [0.4, 0.5) is 0 Å². The van der Waals surface area contributed by atoms with E-state index in [9.17, 15) is 9.59 Å². The van der Waals surface area contributed by atoms with E-state index in [1.54, 1.807) is 0 Å². The van der Waals surface area contributed by atoms with E-state index in [1.807, 2.05) is 27.7 Å². The number of hydrogen-bond acceptors (Lipinski definition) is 6. The van der Waals surface area contributed by atoms with Crippen molar-refractivity contribution in [3.63, 3.8) is 0 Å². The molecule has 0 radical (unpaired) electrons. The van der Waals surface area contributed by atoms with Gasteiger partial charge in [-0.25, -0.2) is 0 Å². The SMILES string of the molecule is CC(C)OC(=O)C1CCC(CN(COC=O)C(C)C)N1. The normalized spacial score (nSPS) is 22.6. The summed E-state index contributed by atoms with van der Waals surface area (Å²) >= 11 is 0. The molecule has 1 saturated heterocycles. The molecule has 0 aromatic heterocycles. The fourth-order valence-electron chi connectivity index (χ4n) is 2.29. The molecule has 0 saturated carbocycles. The first-order chi connectivity index (χ1) is 9.43. The van der Waals surface area contributed by atoms with Gasteiger partial charge in [0.1, 0.15) is 12.8 Å². The fraction of sp³-hybridized carbons (Fsp3) is 0.857. The minimum absolute atomic E-state index is 0.0866. The quantitative estimate of drug-likeness (QED) is 0.406. The molecule has 2 unspecified atom stereocenters. The average Bonchev–Trinajstić information content (AvgIpc) is 2.81. The predicted octanol–water partition coefficient (Wildman–Crippen LogP) is 0.900. The van der Waals surface area contributed by atoms with Crippen LogP contribution in [0.2, 0.25) is 0 Å². The third kappa shape index (κ3) is 5.46. The van der Waals surface area contributed by atoms with Gasteiger partial charge in [-0.2, -0.15) is 0 Å². The molecule has 1 aliphatic rings. The topological polar surface area (TPSA) is 67.9 Å². The molecule has 0 spiro atoms. The van der Waals surface area contributed by atoms with Crippen molar-refractivity contribution in [1.82, 2.24) is 10.2 Å². The number of esters is 1. The number of nitrogens with one attached hydrogen (secondary N) is 1. The maximum absolute atomic E-state index is 11.8. The zero-order chi connectivity index (χ0) is 15.1. The molecule has 1 fully saturated rings. The average molecular weight is 286 g/mol. The molecule has 0 aromatic rings. The summed E-state index contributed by atoms with van der Waals surface area (Å²) in [5.41, 5.74) is 0. The van der Waals surface area contributed by atoms with E-state index in [4.69, 9.17) is 9.47 Å². The van der Waals surface area contributed by atoms with E-state index in [1.165, 1.54) is 0 Å². The first-order valence-corrected chi connectivity index (χ1v) is 7.19. The molecule has 1 N–H and O–H groups in total. The Morgan fingerprint density at radius 2 is 2.05 bits per heavy atom. The molecule has 2 atom stereocenters. The van der Waals surface area contributed by atoms with Gasteiger partial charge in [0, 0.05) is 18.6 Å². The summed E-state index contributed by atoms with van der Waals surface area (Å²) in [4.78, 5) is 24.2. The standard InChI is InChI=1S/C14H26N2O4/c1-10(2)16(8-19-9-17)7-12-5-6-13(15-12)14(18)20-11(3)4/h9-13,15H,5-8H2,1-4H3. The highest BCUT2D eigenvalue weighted by atomic mass is 16.5. The number of ether oxygens (including phenoxy) is 2. The van der Waals surface area contributed by atoms with Crippen LogP contribution in [0.25, 0.3) is 0 Å². The van der Waals surface area contributed by atoms with E-state index in [0.717, 1.165) is 19.4 Å². The minimum Gasteiger partial charge on any atom is -0.462 e. The van der Waals surface area contributed by atoms with Crippen LogP contribution in [0.3, 0.4) is 0 Å². The third-order valence-corrected chi connectivity index (χ3v) is 3.37. The van der Waals surface area contributed by atoms with Gasteiger partial charge in [-0.05, 0) is 40.5 Å². The third-order valence-electron chi connectivity index (χ3n) is 3.37. The summed E-state index contributed by atoms with van der Waals surface area (Å²) in [5, 5.41) is 3.30. The first-order valence-electron chi connectivity index (χ1n) is 7.19. The molecular formula is C14H26N2O4. The van der Waals surface area contributed by atoms with E-state index < -0.39 is 0 Å². The lowest BCUT2D eigenvalue weighted by Gasteiger charge is -2.28. The van der Waals surface area contributed by atoms with Gasteiger partial charge in [-0.15, -0.1) is 0 Å². The van der Waals surface area contributed by atoms with Gasteiger partial charge >= 0.3 is 5.97 Å². The highest BCUT2D eigenvalue weighted by molar-refractivity contribution is 5.76.